The summed E-state index contributed by atoms with van der Waals surface area (Å²) in [6.07, 6.45) is 1.88. The third kappa shape index (κ3) is 4.80. The third-order valence-electron chi connectivity index (χ3n) is 4.39. The van der Waals surface area contributed by atoms with Gasteiger partial charge in [0.1, 0.15) is 0 Å². The lowest BCUT2D eigenvalue weighted by Gasteiger charge is -2.31. The molecule has 0 atom stereocenters. The molecule has 6 nitrogen and oxygen atoms in total. The highest BCUT2D eigenvalue weighted by Crippen LogP contribution is 2.20. The van der Waals surface area contributed by atoms with Crippen molar-refractivity contribution in [3.63, 3.8) is 0 Å². The van der Waals surface area contributed by atoms with Gasteiger partial charge in [-0.1, -0.05) is 30.6 Å². The molecule has 1 aromatic heterocycles. The van der Waals surface area contributed by atoms with Crippen LogP contribution in [0.4, 0.5) is 0 Å². The van der Waals surface area contributed by atoms with Crippen molar-refractivity contribution in [1.29, 1.82) is 0 Å². The molecule has 0 unspecified atom stereocenters. The minimum atomic E-state index is 0.0303. The normalized spacial score (nSPS) is 16.3. The van der Waals surface area contributed by atoms with Gasteiger partial charge in [-0.3, -0.25) is 9.69 Å². The summed E-state index contributed by atoms with van der Waals surface area (Å²) >= 11 is 5.90. The number of hydrogen-bond donors (Lipinski definition) is 1. The molecule has 0 spiro atoms. The Morgan fingerprint density at radius 2 is 2.00 bits per heavy atom. The minimum absolute atomic E-state index is 0.0303. The van der Waals surface area contributed by atoms with Gasteiger partial charge in [-0.2, -0.15) is 4.98 Å². The number of nitrogens with one attached hydrogen (secondary N) is 1. The maximum atomic E-state index is 11.8. The lowest BCUT2D eigenvalue weighted by atomic mass is 10.0. The fourth-order valence-electron chi connectivity index (χ4n) is 2.83. The molecule has 25 heavy (non-hydrogen) atoms. The Morgan fingerprint density at radius 1 is 1.32 bits per heavy atom. The van der Waals surface area contributed by atoms with Crippen LogP contribution >= 0.6 is 11.6 Å². The molecule has 3 rings (SSSR count). The number of hydrogen-bond acceptors (Lipinski definition) is 5. The first-order valence-corrected chi connectivity index (χ1v) is 9.00. The van der Waals surface area contributed by atoms with E-state index in [-0.39, 0.29) is 17.9 Å². The van der Waals surface area contributed by atoms with Gasteiger partial charge in [-0.05, 0) is 37.1 Å². The van der Waals surface area contributed by atoms with Gasteiger partial charge in [-0.25, -0.2) is 0 Å². The number of rotatable bonds is 5. The number of likely N-dealkylation sites (tertiary alicyclic amines) is 1. The SMILES string of the molecule is CC(C)C(=O)NC1CCN(Cc2nc(-c3ccc(Cl)cc3)no2)CC1. The molecule has 1 fully saturated rings. The van der Waals surface area contributed by atoms with E-state index in [2.05, 4.69) is 20.4 Å². The fourth-order valence-corrected chi connectivity index (χ4v) is 2.96. The van der Waals surface area contributed by atoms with Gasteiger partial charge in [0.15, 0.2) is 0 Å². The Kier molecular flexibility index (Phi) is 5.71. The molecule has 2 heterocycles. The monoisotopic (exact) mass is 362 g/mol. The number of nitrogens with zero attached hydrogens (tertiary/aromatic N) is 3. The summed E-state index contributed by atoms with van der Waals surface area (Å²) in [4.78, 5) is 18.5. The summed E-state index contributed by atoms with van der Waals surface area (Å²) in [6, 6.07) is 7.63. The van der Waals surface area contributed by atoms with Crippen LogP contribution in [0.25, 0.3) is 11.4 Å². The maximum absolute atomic E-state index is 11.8. The molecule has 1 amide bonds. The Labute approximate surface area is 152 Å². The van der Waals surface area contributed by atoms with Gasteiger partial charge in [-0.15, -0.1) is 0 Å². The van der Waals surface area contributed by atoms with Crippen LogP contribution in [0.15, 0.2) is 28.8 Å². The summed E-state index contributed by atoms with van der Waals surface area (Å²) in [5, 5.41) is 7.83. The van der Waals surface area contributed by atoms with Crippen molar-refractivity contribution in [2.24, 2.45) is 5.92 Å². The first-order valence-electron chi connectivity index (χ1n) is 8.62. The molecule has 7 heteroatoms. The Balaban J connectivity index is 1.51. The van der Waals surface area contributed by atoms with Crippen LogP contribution in [-0.4, -0.2) is 40.1 Å². The second-order valence-electron chi connectivity index (χ2n) is 6.73. The smallest absolute Gasteiger partial charge is 0.241 e. The molecule has 1 aromatic carbocycles. The quantitative estimate of drug-likeness (QED) is 0.884. The molecule has 0 radical (unpaired) electrons. The summed E-state index contributed by atoms with van der Waals surface area (Å²) in [5.41, 5.74) is 0.884. The summed E-state index contributed by atoms with van der Waals surface area (Å²) in [7, 11) is 0. The van der Waals surface area contributed by atoms with E-state index in [4.69, 9.17) is 16.1 Å². The van der Waals surface area contributed by atoms with Crippen molar-refractivity contribution in [2.75, 3.05) is 13.1 Å². The zero-order valence-corrected chi connectivity index (χ0v) is 15.3. The maximum Gasteiger partial charge on any atom is 0.241 e. The van der Waals surface area contributed by atoms with Crippen LogP contribution in [0.5, 0.6) is 0 Å². The van der Waals surface area contributed by atoms with Crippen molar-refractivity contribution in [2.45, 2.75) is 39.3 Å². The average Bonchev–Trinajstić information content (AvgIpc) is 3.05. The van der Waals surface area contributed by atoms with E-state index in [0.29, 0.717) is 23.3 Å². The van der Waals surface area contributed by atoms with Crippen molar-refractivity contribution in [3.05, 3.63) is 35.2 Å². The van der Waals surface area contributed by atoms with E-state index >= 15 is 0 Å². The predicted molar refractivity (Wildman–Crippen MR) is 96.0 cm³/mol. The van der Waals surface area contributed by atoms with E-state index in [1.807, 2.05) is 38.1 Å². The molecule has 0 bridgehead atoms. The van der Waals surface area contributed by atoms with Crippen LogP contribution < -0.4 is 5.32 Å². The topological polar surface area (TPSA) is 71.3 Å². The van der Waals surface area contributed by atoms with Crippen LogP contribution in [-0.2, 0) is 11.3 Å². The van der Waals surface area contributed by atoms with Gasteiger partial charge >= 0.3 is 0 Å². The Bertz CT molecular complexity index is 706. The molecule has 1 aliphatic rings. The number of halogens is 1. The average molecular weight is 363 g/mol. The molecular formula is C18H23ClN4O2. The highest BCUT2D eigenvalue weighted by atomic mass is 35.5. The number of amides is 1. The van der Waals surface area contributed by atoms with Gasteiger partial charge in [0.2, 0.25) is 17.6 Å². The second-order valence-corrected chi connectivity index (χ2v) is 7.17. The van der Waals surface area contributed by atoms with Crippen molar-refractivity contribution in [3.8, 4) is 11.4 Å². The molecule has 1 aliphatic heterocycles. The van der Waals surface area contributed by atoms with E-state index in [0.717, 1.165) is 31.5 Å². The second kappa shape index (κ2) is 7.97. The molecule has 2 aromatic rings. The van der Waals surface area contributed by atoms with E-state index in [1.54, 1.807) is 0 Å². The molecule has 0 saturated carbocycles. The Morgan fingerprint density at radius 3 is 2.64 bits per heavy atom. The predicted octanol–water partition coefficient (Wildman–Crippen LogP) is 3.13. The minimum Gasteiger partial charge on any atom is -0.353 e. The van der Waals surface area contributed by atoms with Crippen LogP contribution in [0.1, 0.15) is 32.6 Å². The lowest BCUT2D eigenvalue weighted by Crippen LogP contribution is -2.45. The number of piperidine rings is 1. The van der Waals surface area contributed by atoms with Crippen LogP contribution in [0.2, 0.25) is 5.02 Å². The first-order chi connectivity index (χ1) is 12.0. The van der Waals surface area contributed by atoms with Crippen LogP contribution in [0, 0.1) is 5.92 Å². The van der Waals surface area contributed by atoms with E-state index in [1.165, 1.54) is 0 Å². The summed E-state index contributed by atoms with van der Waals surface area (Å²) in [6.45, 7) is 6.27. The van der Waals surface area contributed by atoms with Crippen molar-refractivity contribution in [1.82, 2.24) is 20.4 Å². The van der Waals surface area contributed by atoms with E-state index in [9.17, 15) is 4.79 Å². The number of aromatic nitrogens is 2. The Hall–Kier alpha value is -1.92. The summed E-state index contributed by atoms with van der Waals surface area (Å²) < 4.78 is 5.37. The molecule has 1 N–H and O–H groups in total. The molecular weight excluding hydrogens is 340 g/mol. The lowest BCUT2D eigenvalue weighted by molar-refractivity contribution is -0.125. The number of carbonyl (C=O) groups excluding carboxylic acids is 1. The van der Waals surface area contributed by atoms with E-state index < -0.39 is 0 Å². The third-order valence-corrected chi connectivity index (χ3v) is 4.64. The fraction of sp³-hybridized carbons (Fsp3) is 0.500. The zero-order chi connectivity index (χ0) is 17.8. The molecule has 0 aliphatic carbocycles. The van der Waals surface area contributed by atoms with Gasteiger partial charge in [0.05, 0.1) is 6.54 Å². The standard InChI is InChI=1S/C18H23ClN4O2/c1-12(2)18(24)20-15-7-9-23(10-8-15)11-16-21-17(22-25-16)13-3-5-14(19)6-4-13/h3-6,12,15H,7-11H2,1-2H3,(H,20,24). The molecule has 134 valence electrons. The number of benzene rings is 1. The van der Waals surface area contributed by atoms with Crippen molar-refractivity contribution >= 4 is 17.5 Å². The largest absolute Gasteiger partial charge is 0.353 e. The van der Waals surface area contributed by atoms with Crippen molar-refractivity contribution < 1.29 is 9.32 Å². The summed E-state index contributed by atoms with van der Waals surface area (Å²) in [5.74, 6) is 1.34. The molecule has 1 saturated heterocycles. The number of carbonyl (C=O) groups is 1. The zero-order valence-electron chi connectivity index (χ0n) is 14.5. The van der Waals surface area contributed by atoms with Gasteiger partial charge < -0.3 is 9.84 Å². The highest BCUT2D eigenvalue weighted by Gasteiger charge is 2.23. The van der Waals surface area contributed by atoms with Crippen LogP contribution in [0.3, 0.4) is 0 Å². The van der Waals surface area contributed by atoms with Gasteiger partial charge in [0.25, 0.3) is 0 Å². The first kappa shape index (κ1) is 17.9. The van der Waals surface area contributed by atoms with Gasteiger partial charge in [0, 0.05) is 35.6 Å². The highest BCUT2D eigenvalue weighted by molar-refractivity contribution is 6.30.